The van der Waals surface area contributed by atoms with Gasteiger partial charge in [0.2, 0.25) is 0 Å². The Bertz CT molecular complexity index is 514. The molecule has 142 valence electrons. The first kappa shape index (κ1) is 19.7. The molecule has 0 aliphatic carbocycles. The molecule has 0 amide bonds. The Morgan fingerprint density at radius 2 is 2.00 bits per heavy atom. The highest BCUT2D eigenvalue weighted by atomic mass is 16.5. The minimum atomic E-state index is 0.565. The van der Waals surface area contributed by atoms with Crippen molar-refractivity contribution >= 4 is 5.96 Å². The Labute approximate surface area is 151 Å². The van der Waals surface area contributed by atoms with E-state index in [1.807, 2.05) is 0 Å². The van der Waals surface area contributed by atoms with E-state index in [0.717, 1.165) is 69.7 Å². The fraction of sp³-hybridized carbons (Fsp3) is 0.833. The fourth-order valence-electron chi connectivity index (χ4n) is 2.88. The first-order valence-electron chi connectivity index (χ1n) is 9.86. The normalized spacial score (nSPS) is 14.9. The number of aromatic nitrogens is 3. The molecule has 0 unspecified atom stereocenters. The van der Waals surface area contributed by atoms with Crippen molar-refractivity contribution in [2.45, 2.75) is 71.9 Å². The van der Waals surface area contributed by atoms with Crippen LogP contribution in [0, 0.1) is 0 Å². The van der Waals surface area contributed by atoms with Crippen molar-refractivity contribution in [3.63, 3.8) is 0 Å². The number of rotatable bonds is 10. The molecule has 0 saturated carbocycles. The van der Waals surface area contributed by atoms with Crippen LogP contribution in [0.2, 0.25) is 0 Å². The molecule has 0 saturated heterocycles. The van der Waals surface area contributed by atoms with Gasteiger partial charge in [-0.25, -0.2) is 4.99 Å². The molecule has 7 heteroatoms. The molecule has 0 aromatic carbocycles. The van der Waals surface area contributed by atoms with E-state index in [-0.39, 0.29) is 0 Å². The Morgan fingerprint density at radius 1 is 1.12 bits per heavy atom. The van der Waals surface area contributed by atoms with Gasteiger partial charge in [-0.15, -0.1) is 10.2 Å². The maximum Gasteiger partial charge on any atom is 0.191 e. The van der Waals surface area contributed by atoms with Crippen molar-refractivity contribution in [2.24, 2.45) is 4.99 Å². The van der Waals surface area contributed by atoms with E-state index in [9.17, 15) is 0 Å². The van der Waals surface area contributed by atoms with Crippen molar-refractivity contribution in [2.75, 3.05) is 26.3 Å². The van der Waals surface area contributed by atoms with Crippen LogP contribution >= 0.6 is 0 Å². The van der Waals surface area contributed by atoms with Gasteiger partial charge < -0.3 is 19.9 Å². The lowest BCUT2D eigenvalue weighted by molar-refractivity contribution is 0.129. The summed E-state index contributed by atoms with van der Waals surface area (Å²) in [5.74, 6) is 2.92. The Balaban J connectivity index is 1.78. The van der Waals surface area contributed by atoms with Crippen LogP contribution in [0.25, 0.3) is 0 Å². The maximum absolute atomic E-state index is 5.59. The molecular formula is C18H34N6O. The van der Waals surface area contributed by atoms with Gasteiger partial charge in [-0.3, -0.25) is 0 Å². The van der Waals surface area contributed by atoms with Crippen molar-refractivity contribution in [1.29, 1.82) is 0 Å². The van der Waals surface area contributed by atoms with Gasteiger partial charge in [-0.1, -0.05) is 19.8 Å². The van der Waals surface area contributed by atoms with Crippen LogP contribution < -0.4 is 10.6 Å². The third-order valence-corrected chi connectivity index (χ3v) is 4.31. The number of unbranched alkanes of at least 4 members (excludes halogenated alkanes) is 1. The highest BCUT2D eigenvalue weighted by molar-refractivity contribution is 5.79. The van der Waals surface area contributed by atoms with Crippen LogP contribution in [-0.4, -0.2) is 47.0 Å². The molecule has 2 N–H and O–H groups in total. The predicted octanol–water partition coefficient (Wildman–Crippen LogP) is 2.27. The number of nitrogens with one attached hydrogen (secondary N) is 2. The smallest absolute Gasteiger partial charge is 0.191 e. The molecular weight excluding hydrogens is 316 g/mol. The summed E-state index contributed by atoms with van der Waals surface area (Å²) < 4.78 is 7.84. The van der Waals surface area contributed by atoms with Gasteiger partial charge in [-0.05, 0) is 32.6 Å². The molecule has 7 nitrogen and oxygen atoms in total. The minimum Gasteiger partial charge on any atom is -0.381 e. The first-order chi connectivity index (χ1) is 12.3. The molecule has 25 heavy (non-hydrogen) atoms. The minimum absolute atomic E-state index is 0.565. The van der Waals surface area contributed by atoms with Crippen molar-refractivity contribution in [3.8, 4) is 0 Å². The molecule has 2 rings (SSSR count). The topological polar surface area (TPSA) is 76.4 Å². The Morgan fingerprint density at radius 3 is 2.84 bits per heavy atom. The highest BCUT2D eigenvalue weighted by Gasteiger charge is 2.14. The number of aryl methyl sites for hydroxylation is 1. The lowest BCUT2D eigenvalue weighted by Gasteiger charge is -2.11. The van der Waals surface area contributed by atoms with Crippen LogP contribution in [0.5, 0.6) is 0 Å². The maximum atomic E-state index is 5.59. The first-order valence-corrected chi connectivity index (χ1v) is 9.86. The van der Waals surface area contributed by atoms with E-state index in [2.05, 4.69) is 44.2 Å². The van der Waals surface area contributed by atoms with Gasteiger partial charge in [0.05, 0.1) is 0 Å². The Hall–Kier alpha value is -1.63. The van der Waals surface area contributed by atoms with Crippen LogP contribution in [0.4, 0.5) is 0 Å². The van der Waals surface area contributed by atoms with E-state index in [1.165, 1.54) is 25.7 Å². The molecule has 2 heterocycles. The lowest BCUT2D eigenvalue weighted by Crippen LogP contribution is -2.38. The van der Waals surface area contributed by atoms with E-state index in [1.54, 1.807) is 0 Å². The number of fused-ring (bicyclic) bond motifs is 1. The van der Waals surface area contributed by atoms with E-state index in [4.69, 9.17) is 4.74 Å². The van der Waals surface area contributed by atoms with E-state index in [0.29, 0.717) is 6.54 Å². The second-order valence-electron chi connectivity index (χ2n) is 6.44. The molecule has 0 spiro atoms. The quantitative estimate of drug-likeness (QED) is 0.385. The lowest BCUT2D eigenvalue weighted by atomic mass is 10.2. The van der Waals surface area contributed by atoms with E-state index >= 15 is 0 Å². The number of guanidine groups is 1. The predicted molar refractivity (Wildman–Crippen MR) is 101 cm³/mol. The zero-order valence-electron chi connectivity index (χ0n) is 15.9. The number of hydrogen-bond acceptors (Lipinski definition) is 4. The summed E-state index contributed by atoms with van der Waals surface area (Å²) >= 11 is 0. The second kappa shape index (κ2) is 11.8. The zero-order chi connectivity index (χ0) is 17.7. The molecule has 0 bridgehead atoms. The molecule has 0 fully saturated rings. The van der Waals surface area contributed by atoms with Crippen LogP contribution in [0.1, 0.15) is 64.0 Å². The summed E-state index contributed by atoms with van der Waals surface area (Å²) in [6, 6.07) is 0. The molecule has 1 aliphatic rings. The summed E-state index contributed by atoms with van der Waals surface area (Å²) in [7, 11) is 0. The van der Waals surface area contributed by atoms with Gasteiger partial charge in [-0.2, -0.15) is 0 Å². The SMILES string of the molecule is CCCCOCCCNC(=NCc1nnc2n1CCCCC2)NCC. The van der Waals surface area contributed by atoms with Gasteiger partial charge in [0.1, 0.15) is 12.4 Å². The molecule has 0 radical (unpaired) electrons. The van der Waals surface area contributed by atoms with Crippen molar-refractivity contribution in [3.05, 3.63) is 11.6 Å². The van der Waals surface area contributed by atoms with Crippen LogP contribution in [-0.2, 0) is 24.2 Å². The third-order valence-electron chi connectivity index (χ3n) is 4.31. The van der Waals surface area contributed by atoms with Gasteiger partial charge in [0.15, 0.2) is 11.8 Å². The largest absolute Gasteiger partial charge is 0.381 e. The van der Waals surface area contributed by atoms with Gasteiger partial charge >= 0.3 is 0 Å². The van der Waals surface area contributed by atoms with Crippen LogP contribution in [0.3, 0.4) is 0 Å². The monoisotopic (exact) mass is 350 g/mol. The molecule has 1 aliphatic heterocycles. The fourth-order valence-corrected chi connectivity index (χ4v) is 2.88. The zero-order valence-corrected chi connectivity index (χ0v) is 15.9. The standard InChI is InChI=1S/C18H34N6O/c1-3-5-13-25-14-9-11-20-18(19-4-2)21-15-17-23-22-16-10-7-6-8-12-24(16)17/h3-15H2,1-2H3,(H2,19,20,21). The summed E-state index contributed by atoms with van der Waals surface area (Å²) in [5, 5.41) is 15.3. The Kier molecular flexibility index (Phi) is 9.33. The second-order valence-corrected chi connectivity index (χ2v) is 6.44. The third kappa shape index (κ3) is 7.02. The molecule has 1 aromatic rings. The van der Waals surface area contributed by atoms with Crippen molar-refractivity contribution in [1.82, 2.24) is 25.4 Å². The number of hydrogen-bond donors (Lipinski definition) is 2. The summed E-state index contributed by atoms with van der Waals surface area (Å²) in [5.41, 5.74) is 0. The molecule has 1 aromatic heterocycles. The van der Waals surface area contributed by atoms with Gasteiger partial charge in [0, 0.05) is 39.3 Å². The number of nitrogens with zero attached hydrogens (tertiary/aromatic N) is 4. The summed E-state index contributed by atoms with van der Waals surface area (Å²) in [4.78, 5) is 4.67. The van der Waals surface area contributed by atoms with E-state index < -0.39 is 0 Å². The van der Waals surface area contributed by atoms with Gasteiger partial charge in [0.25, 0.3) is 0 Å². The van der Waals surface area contributed by atoms with Crippen molar-refractivity contribution < 1.29 is 4.74 Å². The average Bonchev–Trinajstić information content (AvgIpc) is 2.85. The number of aliphatic imine (C=N–C) groups is 1. The average molecular weight is 351 g/mol. The summed E-state index contributed by atoms with van der Waals surface area (Å²) in [6.45, 7) is 9.20. The van der Waals surface area contributed by atoms with Crippen LogP contribution in [0.15, 0.2) is 4.99 Å². The molecule has 0 atom stereocenters. The highest BCUT2D eigenvalue weighted by Crippen LogP contribution is 2.14. The number of ether oxygens (including phenoxy) is 1. The summed E-state index contributed by atoms with van der Waals surface area (Å²) in [6.07, 6.45) is 8.03.